The van der Waals surface area contributed by atoms with Gasteiger partial charge in [-0.3, -0.25) is 4.79 Å². The number of benzene rings is 3. The van der Waals surface area contributed by atoms with Gasteiger partial charge in [-0.1, -0.05) is 36.4 Å². The van der Waals surface area contributed by atoms with Crippen LogP contribution in [-0.2, 0) is 0 Å². The Hall–Kier alpha value is -3.58. The first-order valence-electron chi connectivity index (χ1n) is 8.67. The second kappa shape index (κ2) is 6.86. The summed E-state index contributed by atoms with van der Waals surface area (Å²) in [7, 11) is 0. The first-order chi connectivity index (χ1) is 13.8. The van der Waals surface area contributed by atoms with E-state index in [1.54, 1.807) is 5.38 Å². The molecule has 28 heavy (non-hydrogen) atoms. The number of nitrogens with one attached hydrogen (secondary N) is 2. The molecule has 0 unspecified atom stereocenters. The van der Waals surface area contributed by atoms with E-state index in [4.69, 9.17) is 9.47 Å². The third-order valence-corrected chi connectivity index (χ3v) is 5.16. The molecule has 138 valence electrons. The summed E-state index contributed by atoms with van der Waals surface area (Å²) in [6.45, 7) is 0.231. The fourth-order valence-corrected chi connectivity index (χ4v) is 3.76. The van der Waals surface area contributed by atoms with Crippen LogP contribution in [0.1, 0.15) is 10.5 Å². The molecular weight excluding hydrogens is 374 g/mol. The van der Waals surface area contributed by atoms with E-state index < -0.39 is 0 Å². The number of anilines is 3. The lowest BCUT2D eigenvalue weighted by molar-refractivity contribution is 0.102. The summed E-state index contributed by atoms with van der Waals surface area (Å²) in [6.07, 6.45) is 0. The van der Waals surface area contributed by atoms with Gasteiger partial charge in [-0.05, 0) is 23.6 Å². The molecule has 0 saturated heterocycles. The molecular formula is C21H15N3O3S. The lowest BCUT2D eigenvalue weighted by Crippen LogP contribution is -2.12. The quantitative estimate of drug-likeness (QED) is 0.513. The van der Waals surface area contributed by atoms with Crippen LogP contribution >= 0.6 is 11.3 Å². The van der Waals surface area contributed by atoms with Gasteiger partial charge in [-0.15, -0.1) is 11.3 Å². The summed E-state index contributed by atoms with van der Waals surface area (Å²) in [5.41, 5.74) is 1.95. The third-order valence-electron chi connectivity index (χ3n) is 4.40. The number of rotatable bonds is 4. The van der Waals surface area contributed by atoms with E-state index in [0.717, 1.165) is 27.9 Å². The van der Waals surface area contributed by atoms with Crippen LogP contribution in [0.4, 0.5) is 16.5 Å². The molecule has 2 N–H and O–H groups in total. The highest BCUT2D eigenvalue weighted by atomic mass is 32.1. The Morgan fingerprint density at radius 1 is 1.00 bits per heavy atom. The summed E-state index contributed by atoms with van der Waals surface area (Å²) < 4.78 is 10.7. The number of thiazole rings is 1. The second-order valence-electron chi connectivity index (χ2n) is 6.21. The van der Waals surface area contributed by atoms with Crippen molar-refractivity contribution >= 4 is 44.5 Å². The highest BCUT2D eigenvalue weighted by molar-refractivity contribution is 7.14. The molecule has 3 aromatic carbocycles. The van der Waals surface area contributed by atoms with Crippen LogP contribution in [0, 0.1) is 0 Å². The second-order valence-corrected chi connectivity index (χ2v) is 7.07. The molecule has 1 aliphatic heterocycles. The van der Waals surface area contributed by atoms with E-state index >= 15 is 0 Å². The minimum Gasteiger partial charge on any atom is -0.454 e. The molecule has 0 fully saturated rings. The Morgan fingerprint density at radius 3 is 2.82 bits per heavy atom. The number of fused-ring (bicyclic) bond motifs is 2. The van der Waals surface area contributed by atoms with Crippen molar-refractivity contribution in [2.75, 3.05) is 17.4 Å². The predicted molar refractivity (Wildman–Crippen MR) is 110 cm³/mol. The van der Waals surface area contributed by atoms with Gasteiger partial charge in [0.25, 0.3) is 5.91 Å². The minimum absolute atomic E-state index is 0.231. The van der Waals surface area contributed by atoms with E-state index in [9.17, 15) is 4.79 Å². The van der Waals surface area contributed by atoms with E-state index in [0.29, 0.717) is 16.6 Å². The Bertz CT molecular complexity index is 1180. The number of hydrogen-bond acceptors (Lipinski definition) is 6. The number of nitrogens with zero attached hydrogens (tertiary/aromatic N) is 1. The molecule has 0 saturated carbocycles. The van der Waals surface area contributed by atoms with Gasteiger partial charge in [0.2, 0.25) is 6.79 Å². The standard InChI is InChI=1S/C21H15N3O3S/c25-20(23-16-7-3-5-13-4-1-2-6-15(13)16)17-11-28-21(24-17)22-14-8-9-18-19(10-14)27-12-26-18/h1-11H,12H2,(H,22,24)(H,23,25). The van der Waals surface area contributed by atoms with Crippen molar-refractivity contribution in [3.63, 3.8) is 0 Å². The number of carbonyl (C=O) groups is 1. The fraction of sp³-hybridized carbons (Fsp3) is 0.0476. The molecule has 6 nitrogen and oxygen atoms in total. The molecule has 0 atom stereocenters. The maximum absolute atomic E-state index is 12.6. The zero-order valence-corrected chi connectivity index (χ0v) is 15.5. The van der Waals surface area contributed by atoms with E-state index in [-0.39, 0.29) is 12.7 Å². The molecule has 4 aromatic rings. The fourth-order valence-electron chi connectivity index (χ4n) is 3.05. The van der Waals surface area contributed by atoms with Gasteiger partial charge in [-0.2, -0.15) is 0 Å². The predicted octanol–water partition coefficient (Wildman–Crippen LogP) is 5.02. The lowest BCUT2D eigenvalue weighted by atomic mass is 10.1. The molecule has 1 aliphatic rings. The first kappa shape index (κ1) is 16.6. The summed E-state index contributed by atoms with van der Waals surface area (Å²) in [5.74, 6) is 1.17. The van der Waals surface area contributed by atoms with Crippen LogP contribution in [0.5, 0.6) is 11.5 Å². The highest BCUT2D eigenvalue weighted by Gasteiger charge is 2.15. The molecule has 0 radical (unpaired) electrons. The number of amides is 1. The zero-order chi connectivity index (χ0) is 18.9. The average Bonchev–Trinajstić information content (AvgIpc) is 3.37. The van der Waals surface area contributed by atoms with E-state index in [2.05, 4.69) is 15.6 Å². The normalized spacial score (nSPS) is 12.1. The topological polar surface area (TPSA) is 72.5 Å². The summed E-state index contributed by atoms with van der Waals surface area (Å²) in [6, 6.07) is 19.3. The van der Waals surface area contributed by atoms with Crippen LogP contribution in [0.2, 0.25) is 0 Å². The van der Waals surface area contributed by atoms with Crippen molar-refractivity contribution in [3.8, 4) is 11.5 Å². The third kappa shape index (κ3) is 3.12. The summed E-state index contributed by atoms with van der Waals surface area (Å²) >= 11 is 1.37. The monoisotopic (exact) mass is 389 g/mol. The van der Waals surface area contributed by atoms with Crippen molar-refractivity contribution in [3.05, 3.63) is 71.7 Å². The van der Waals surface area contributed by atoms with E-state index in [1.807, 2.05) is 60.7 Å². The maximum Gasteiger partial charge on any atom is 0.275 e. The Balaban J connectivity index is 1.33. The molecule has 1 aromatic heterocycles. The van der Waals surface area contributed by atoms with Gasteiger partial charge in [-0.25, -0.2) is 4.98 Å². The lowest BCUT2D eigenvalue weighted by Gasteiger charge is -2.07. The number of carbonyl (C=O) groups excluding carboxylic acids is 1. The van der Waals surface area contributed by atoms with Crippen molar-refractivity contribution in [1.82, 2.24) is 4.98 Å². The smallest absolute Gasteiger partial charge is 0.275 e. The average molecular weight is 389 g/mol. The summed E-state index contributed by atoms with van der Waals surface area (Å²) in [4.78, 5) is 17.0. The molecule has 0 bridgehead atoms. The molecule has 2 heterocycles. The minimum atomic E-state index is -0.244. The highest BCUT2D eigenvalue weighted by Crippen LogP contribution is 2.35. The van der Waals surface area contributed by atoms with Gasteiger partial charge >= 0.3 is 0 Å². The Kier molecular flexibility index (Phi) is 4.06. The van der Waals surface area contributed by atoms with Crippen LogP contribution < -0.4 is 20.1 Å². The summed E-state index contributed by atoms with van der Waals surface area (Å²) in [5, 5.41) is 10.6. The molecule has 0 spiro atoms. The van der Waals surface area contributed by atoms with Crippen LogP contribution in [0.3, 0.4) is 0 Å². The molecule has 0 aliphatic carbocycles. The molecule has 5 rings (SSSR count). The molecule has 7 heteroatoms. The van der Waals surface area contributed by atoms with Gasteiger partial charge in [0, 0.05) is 28.2 Å². The number of ether oxygens (including phenoxy) is 2. The van der Waals surface area contributed by atoms with Gasteiger partial charge in [0.05, 0.1) is 0 Å². The first-order valence-corrected chi connectivity index (χ1v) is 9.55. The SMILES string of the molecule is O=C(Nc1cccc2ccccc12)c1csc(Nc2ccc3c(c2)OCO3)n1. The van der Waals surface area contributed by atoms with Crippen LogP contribution in [0.25, 0.3) is 10.8 Å². The Morgan fingerprint density at radius 2 is 1.86 bits per heavy atom. The zero-order valence-electron chi connectivity index (χ0n) is 14.6. The van der Waals surface area contributed by atoms with E-state index in [1.165, 1.54) is 11.3 Å². The molecule has 1 amide bonds. The van der Waals surface area contributed by atoms with Crippen molar-refractivity contribution in [1.29, 1.82) is 0 Å². The van der Waals surface area contributed by atoms with Crippen LogP contribution in [0.15, 0.2) is 66.0 Å². The largest absolute Gasteiger partial charge is 0.454 e. The number of aromatic nitrogens is 1. The van der Waals surface area contributed by atoms with Gasteiger partial charge in [0.15, 0.2) is 16.6 Å². The van der Waals surface area contributed by atoms with Gasteiger partial charge < -0.3 is 20.1 Å². The maximum atomic E-state index is 12.6. The van der Waals surface area contributed by atoms with Crippen molar-refractivity contribution in [2.24, 2.45) is 0 Å². The number of hydrogen-bond donors (Lipinski definition) is 2. The van der Waals surface area contributed by atoms with Crippen LogP contribution in [-0.4, -0.2) is 17.7 Å². The van der Waals surface area contributed by atoms with Gasteiger partial charge in [0.1, 0.15) is 5.69 Å². The van der Waals surface area contributed by atoms with Crippen molar-refractivity contribution in [2.45, 2.75) is 0 Å². The Labute approximate surface area is 164 Å². The van der Waals surface area contributed by atoms with Crippen molar-refractivity contribution < 1.29 is 14.3 Å².